The number of aliphatic hydroxyl groups excluding tert-OH is 1. The molecule has 1 saturated heterocycles. The first-order chi connectivity index (χ1) is 9.31. The Hall–Kier alpha value is -1.56. The lowest BCUT2D eigenvalue weighted by atomic mass is 10.1. The Morgan fingerprint density at radius 1 is 1.42 bits per heavy atom. The number of nitrogens with zero attached hydrogens (tertiary/aromatic N) is 3. The maximum atomic E-state index is 9.60. The lowest BCUT2D eigenvalue weighted by Crippen LogP contribution is -2.38. The minimum absolute atomic E-state index is 0.107. The third-order valence-corrected chi connectivity index (χ3v) is 3.59. The van der Waals surface area contributed by atoms with Crippen LogP contribution in [0.5, 0.6) is 5.75 Å². The van der Waals surface area contributed by atoms with E-state index < -0.39 is 0 Å². The highest BCUT2D eigenvalue weighted by atomic mass is 16.5. The topological polar surface area (TPSA) is 70.5 Å². The normalized spacial score (nSPS) is 19.9. The number of aliphatic hydroxyl groups is 1. The van der Waals surface area contributed by atoms with Crippen LogP contribution in [0, 0.1) is 0 Å². The number of hydrogen-bond donors (Lipinski definition) is 2. The van der Waals surface area contributed by atoms with Gasteiger partial charge in [-0.05, 0) is 12.8 Å². The van der Waals surface area contributed by atoms with Crippen molar-refractivity contribution in [2.45, 2.75) is 31.7 Å². The van der Waals surface area contributed by atoms with Gasteiger partial charge in [-0.2, -0.15) is 0 Å². The van der Waals surface area contributed by atoms with Gasteiger partial charge in [-0.15, -0.1) is 0 Å². The molecule has 1 aliphatic rings. The van der Waals surface area contributed by atoms with Gasteiger partial charge in [-0.1, -0.05) is 12.8 Å². The average Bonchev–Trinajstić information content (AvgIpc) is 2.71. The molecule has 2 heterocycles. The molecule has 6 nitrogen and oxygen atoms in total. The predicted octanol–water partition coefficient (Wildman–Crippen LogP) is 1.27. The molecule has 0 bridgehead atoms. The molecule has 19 heavy (non-hydrogen) atoms. The van der Waals surface area contributed by atoms with Crippen molar-refractivity contribution in [2.75, 3.05) is 37.5 Å². The van der Waals surface area contributed by atoms with Crippen molar-refractivity contribution in [1.82, 2.24) is 9.97 Å². The minimum atomic E-state index is 0.107. The second-order valence-electron chi connectivity index (χ2n) is 4.71. The van der Waals surface area contributed by atoms with Gasteiger partial charge in [0, 0.05) is 13.6 Å². The second kappa shape index (κ2) is 6.56. The summed E-state index contributed by atoms with van der Waals surface area (Å²) in [7, 11) is 3.43. The maximum Gasteiger partial charge on any atom is 0.204 e. The summed E-state index contributed by atoms with van der Waals surface area (Å²) in [5, 5.41) is 12.6. The van der Waals surface area contributed by atoms with Crippen LogP contribution >= 0.6 is 0 Å². The molecule has 0 aliphatic carbocycles. The van der Waals surface area contributed by atoms with E-state index >= 15 is 0 Å². The Morgan fingerprint density at radius 3 is 2.95 bits per heavy atom. The Labute approximate surface area is 113 Å². The fourth-order valence-corrected chi connectivity index (χ4v) is 2.58. The van der Waals surface area contributed by atoms with Crippen molar-refractivity contribution in [3.8, 4) is 5.75 Å². The van der Waals surface area contributed by atoms with Crippen LogP contribution in [0.3, 0.4) is 0 Å². The van der Waals surface area contributed by atoms with E-state index in [4.69, 9.17) is 4.74 Å². The first-order valence-electron chi connectivity index (χ1n) is 6.76. The zero-order chi connectivity index (χ0) is 13.7. The predicted molar refractivity (Wildman–Crippen MR) is 74.8 cm³/mol. The van der Waals surface area contributed by atoms with Gasteiger partial charge in [0.2, 0.25) is 5.75 Å². The lowest BCUT2D eigenvalue weighted by molar-refractivity contribution is 0.254. The molecule has 1 aromatic heterocycles. The maximum absolute atomic E-state index is 9.60. The van der Waals surface area contributed by atoms with Crippen LogP contribution in [0.1, 0.15) is 25.7 Å². The minimum Gasteiger partial charge on any atom is -0.490 e. The summed E-state index contributed by atoms with van der Waals surface area (Å²) in [4.78, 5) is 10.7. The van der Waals surface area contributed by atoms with Gasteiger partial charge in [-0.3, -0.25) is 0 Å². The van der Waals surface area contributed by atoms with Crippen molar-refractivity contribution in [3.63, 3.8) is 0 Å². The van der Waals surface area contributed by atoms with Gasteiger partial charge in [0.15, 0.2) is 11.6 Å². The van der Waals surface area contributed by atoms with Gasteiger partial charge in [0.05, 0.1) is 19.8 Å². The SMILES string of the molecule is CNc1ncnc(N2CCCCCC2CO)c1OC. The summed E-state index contributed by atoms with van der Waals surface area (Å²) in [6, 6.07) is 0.107. The molecule has 0 radical (unpaired) electrons. The Bertz CT molecular complexity index is 414. The zero-order valence-corrected chi connectivity index (χ0v) is 11.6. The summed E-state index contributed by atoms with van der Waals surface area (Å²) in [6.45, 7) is 1.03. The van der Waals surface area contributed by atoms with E-state index in [1.54, 1.807) is 14.2 Å². The quantitative estimate of drug-likeness (QED) is 0.855. The monoisotopic (exact) mass is 266 g/mol. The summed E-state index contributed by atoms with van der Waals surface area (Å²) in [6.07, 6.45) is 5.97. The third-order valence-electron chi connectivity index (χ3n) is 3.59. The second-order valence-corrected chi connectivity index (χ2v) is 4.71. The number of ether oxygens (including phenoxy) is 1. The van der Waals surface area contributed by atoms with E-state index in [0.717, 1.165) is 31.6 Å². The van der Waals surface area contributed by atoms with Crippen LogP contribution in [-0.2, 0) is 0 Å². The summed E-state index contributed by atoms with van der Waals surface area (Å²) in [5.41, 5.74) is 0. The number of anilines is 2. The molecule has 1 fully saturated rings. The van der Waals surface area contributed by atoms with E-state index in [-0.39, 0.29) is 12.6 Å². The first kappa shape index (κ1) is 13.9. The molecule has 1 unspecified atom stereocenters. The molecule has 2 rings (SSSR count). The third kappa shape index (κ3) is 2.89. The van der Waals surface area contributed by atoms with E-state index in [9.17, 15) is 5.11 Å². The summed E-state index contributed by atoms with van der Waals surface area (Å²) >= 11 is 0. The zero-order valence-electron chi connectivity index (χ0n) is 11.6. The van der Waals surface area contributed by atoms with E-state index in [2.05, 4.69) is 20.2 Å². The van der Waals surface area contributed by atoms with E-state index in [1.165, 1.54) is 12.7 Å². The highest BCUT2D eigenvalue weighted by Crippen LogP contribution is 2.34. The molecular weight excluding hydrogens is 244 g/mol. The van der Waals surface area contributed by atoms with Crippen LogP contribution in [0.2, 0.25) is 0 Å². The van der Waals surface area contributed by atoms with Crippen LogP contribution in [-0.4, -0.2) is 48.4 Å². The van der Waals surface area contributed by atoms with Crippen LogP contribution in [0.25, 0.3) is 0 Å². The average molecular weight is 266 g/mol. The van der Waals surface area contributed by atoms with Gasteiger partial charge >= 0.3 is 0 Å². The molecular formula is C13H22N4O2. The highest BCUT2D eigenvalue weighted by molar-refractivity contribution is 5.65. The van der Waals surface area contributed by atoms with E-state index in [0.29, 0.717) is 11.6 Å². The molecule has 1 aromatic rings. The fourth-order valence-electron chi connectivity index (χ4n) is 2.58. The highest BCUT2D eigenvalue weighted by Gasteiger charge is 2.25. The standard InChI is InChI=1S/C13H22N4O2/c1-14-12-11(19-2)13(16-9-15-12)17-7-5-3-4-6-10(17)8-18/h9-10,18H,3-8H2,1-2H3,(H,14,15,16). The van der Waals surface area contributed by atoms with Gasteiger partial charge in [-0.25, -0.2) is 9.97 Å². The molecule has 0 spiro atoms. The van der Waals surface area contributed by atoms with Crippen molar-refractivity contribution in [3.05, 3.63) is 6.33 Å². The molecule has 1 aliphatic heterocycles. The van der Waals surface area contributed by atoms with Crippen molar-refractivity contribution in [1.29, 1.82) is 0 Å². The van der Waals surface area contributed by atoms with Gasteiger partial charge in [0.1, 0.15) is 6.33 Å². The van der Waals surface area contributed by atoms with Crippen LogP contribution < -0.4 is 15.0 Å². The largest absolute Gasteiger partial charge is 0.490 e. The number of rotatable bonds is 4. The fraction of sp³-hybridized carbons (Fsp3) is 0.692. The van der Waals surface area contributed by atoms with Gasteiger partial charge < -0.3 is 20.1 Å². The molecule has 0 amide bonds. The Balaban J connectivity index is 2.37. The lowest BCUT2D eigenvalue weighted by Gasteiger charge is -2.30. The van der Waals surface area contributed by atoms with Crippen molar-refractivity contribution in [2.24, 2.45) is 0 Å². The van der Waals surface area contributed by atoms with Crippen molar-refractivity contribution >= 4 is 11.6 Å². The molecule has 0 aromatic carbocycles. The van der Waals surface area contributed by atoms with Crippen LogP contribution in [0.15, 0.2) is 6.33 Å². The molecule has 2 N–H and O–H groups in total. The molecule has 6 heteroatoms. The molecule has 0 saturated carbocycles. The number of hydrogen-bond acceptors (Lipinski definition) is 6. The van der Waals surface area contributed by atoms with E-state index in [1.807, 2.05) is 0 Å². The smallest absolute Gasteiger partial charge is 0.204 e. The van der Waals surface area contributed by atoms with Crippen molar-refractivity contribution < 1.29 is 9.84 Å². The molecule has 106 valence electrons. The number of nitrogens with one attached hydrogen (secondary N) is 1. The first-order valence-corrected chi connectivity index (χ1v) is 6.76. The molecule has 1 atom stereocenters. The van der Waals surface area contributed by atoms with Crippen LogP contribution in [0.4, 0.5) is 11.6 Å². The Kier molecular flexibility index (Phi) is 4.79. The summed E-state index contributed by atoms with van der Waals surface area (Å²) < 4.78 is 5.44. The number of aromatic nitrogens is 2. The summed E-state index contributed by atoms with van der Waals surface area (Å²) in [5.74, 6) is 2.08. The Morgan fingerprint density at radius 2 is 2.26 bits per heavy atom. The number of methoxy groups -OCH3 is 1. The van der Waals surface area contributed by atoms with Gasteiger partial charge in [0.25, 0.3) is 0 Å².